The summed E-state index contributed by atoms with van der Waals surface area (Å²) in [6.07, 6.45) is 0. The zero-order chi connectivity index (χ0) is 12.4. The van der Waals surface area contributed by atoms with Gasteiger partial charge in [-0.2, -0.15) is 9.61 Å². The van der Waals surface area contributed by atoms with Crippen LogP contribution in [0.15, 0.2) is 16.9 Å². The topological polar surface area (TPSA) is 78.3 Å². The first-order valence-electron chi connectivity index (χ1n) is 5.42. The average molecular weight is 236 g/mol. The first-order chi connectivity index (χ1) is 8.06. The predicted octanol–water partition coefficient (Wildman–Crippen LogP) is -0.220. The number of nitrogens with one attached hydrogen (secondary N) is 2. The highest BCUT2D eigenvalue weighted by Crippen LogP contribution is 2.04. The number of nitrogens with zero attached hydrogens (tertiary/aromatic N) is 4. The molecule has 7 nitrogen and oxygen atoms in total. The van der Waals surface area contributed by atoms with Gasteiger partial charge in [-0.3, -0.25) is 0 Å². The van der Waals surface area contributed by atoms with Crippen molar-refractivity contribution in [3.63, 3.8) is 0 Å². The molecule has 92 valence electrons. The minimum absolute atomic E-state index is 0.248. The molecule has 1 atom stereocenters. The van der Waals surface area contributed by atoms with Gasteiger partial charge in [-0.05, 0) is 33.2 Å². The summed E-state index contributed by atoms with van der Waals surface area (Å²) in [4.78, 5) is 13.4. The average Bonchev–Trinajstić information content (AvgIpc) is 2.59. The molecule has 0 saturated heterocycles. The van der Waals surface area contributed by atoms with Gasteiger partial charge in [0.05, 0.1) is 0 Å². The van der Waals surface area contributed by atoms with Crippen LogP contribution in [0.1, 0.15) is 6.92 Å². The van der Waals surface area contributed by atoms with Crippen molar-refractivity contribution < 1.29 is 0 Å². The summed E-state index contributed by atoms with van der Waals surface area (Å²) >= 11 is 0. The van der Waals surface area contributed by atoms with Crippen LogP contribution >= 0.6 is 0 Å². The Morgan fingerprint density at radius 2 is 2.29 bits per heavy atom. The lowest BCUT2D eigenvalue weighted by Gasteiger charge is -2.18. The summed E-state index contributed by atoms with van der Waals surface area (Å²) < 4.78 is 1.24. The van der Waals surface area contributed by atoms with Gasteiger partial charge < -0.3 is 10.2 Å². The number of aromatic amines is 1. The SMILES string of the molecule is CC(CN(C)C)Nc1ccc2n[nH]c(=O)n2n1. The minimum Gasteiger partial charge on any atom is -0.365 e. The van der Waals surface area contributed by atoms with Crippen LogP contribution in [0.3, 0.4) is 0 Å². The molecule has 0 spiro atoms. The third-order valence-electron chi connectivity index (χ3n) is 2.31. The van der Waals surface area contributed by atoms with Crippen LogP contribution in [0.25, 0.3) is 5.65 Å². The van der Waals surface area contributed by atoms with Crippen molar-refractivity contribution >= 4 is 11.5 Å². The number of aromatic nitrogens is 4. The number of H-pyrrole nitrogens is 1. The Bertz CT molecular complexity index is 557. The lowest BCUT2D eigenvalue weighted by molar-refractivity contribution is 0.391. The first-order valence-corrected chi connectivity index (χ1v) is 5.42. The minimum atomic E-state index is -0.330. The molecule has 7 heteroatoms. The highest BCUT2D eigenvalue weighted by molar-refractivity contribution is 5.43. The van der Waals surface area contributed by atoms with E-state index in [4.69, 9.17) is 0 Å². The van der Waals surface area contributed by atoms with Gasteiger partial charge in [0.2, 0.25) is 0 Å². The first kappa shape index (κ1) is 11.6. The Kier molecular flexibility index (Phi) is 3.10. The summed E-state index contributed by atoms with van der Waals surface area (Å²) in [5, 5.41) is 13.6. The van der Waals surface area contributed by atoms with E-state index < -0.39 is 0 Å². The van der Waals surface area contributed by atoms with Crippen molar-refractivity contribution in [3.05, 3.63) is 22.6 Å². The zero-order valence-electron chi connectivity index (χ0n) is 10.1. The molecule has 2 aromatic rings. The molecule has 0 bridgehead atoms. The fourth-order valence-electron chi connectivity index (χ4n) is 1.73. The van der Waals surface area contributed by atoms with Gasteiger partial charge in [-0.1, -0.05) is 0 Å². The molecular formula is C10H16N6O. The molecular weight excluding hydrogens is 220 g/mol. The molecule has 2 rings (SSSR count). The summed E-state index contributed by atoms with van der Waals surface area (Å²) in [6, 6.07) is 3.80. The molecule has 17 heavy (non-hydrogen) atoms. The molecule has 0 fully saturated rings. The molecule has 2 aromatic heterocycles. The second kappa shape index (κ2) is 4.54. The van der Waals surface area contributed by atoms with Crippen molar-refractivity contribution in [2.75, 3.05) is 26.0 Å². The summed E-state index contributed by atoms with van der Waals surface area (Å²) in [5.41, 5.74) is 0.185. The van der Waals surface area contributed by atoms with E-state index >= 15 is 0 Å². The highest BCUT2D eigenvalue weighted by Gasteiger charge is 2.06. The monoisotopic (exact) mass is 236 g/mol. The quantitative estimate of drug-likeness (QED) is 0.767. The molecule has 2 heterocycles. The van der Waals surface area contributed by atoms with Gasteiger partial charge >= 0.3 is 5.69 Å². The Hall–Kier alpha value is -1.89. The molecule has 0 amide bonds. The summed E-state index contributed by atoms with van der Waals surface area (Å²) in [6.45, 7) is 2.95. The molecule has 0 aromatic carbocycles. The van der Waals surface area contributed by atoms with Crippen molar-refractivity contribution in [3.8, 4) is 0 Å². The van der Waals surface area contributed by atoms with Crippen molar-refractivity contribution in [2.45, 2.75) is 13.0 Å². The number of hydrogen-bond donors (Lipinski definition) is 2. The molecule has 2 N–H and O–H groups in total. The van der Waals surface area contributed by atoms with E-state index in [-0.39, 0.29) is 11.7 Å². The van der Waals surface area contributed by atoms with Crippen LogP contribution in [0, 0.1) is 0 Å². The molecule has 0 aliphatic carbocycles. The molecule has 0 aliphatic rings. The second-order valence-electron chi connectivity index (χ2n) is 4.32. The van der Waals surface area contributed by atoms with E-state index in [1.165, 1.54) is 4.52 Å². The maximum absolute atomic E-state index is 11.3. The third kappa shape index (κ3) is 2.62. The van der Waals surface area contributed by atoms with E-state index in [1.807, 2.05) is 20.2 Å². The maximum atomic E-state index is 11.3. The Morgan fingerprint density at radius 1 is 1.53 bits per heavy atom. The number of hydrogen-bond acceptors (Lipinski definition) is 5. The van der Waals surface area contributed by atoms with Crippen LogP contribution in [-0.4, -0.2) is 51.4 Å². The number of likely N-dealkylation sites (N-methyl/N-ethyl adjacent to an activating group) is 1. The highest BCUT2D eigenvalue weighted by atomic mass is 16.2. The summed E-state index contributed by atoms with van der Waals surface area (Å²) in [7, 11) is 4.02. The number of rotatable bonds is 4. The van der Waals surface area contributed by atoms with Crippen molar-refractivity contribution in [1.82, 2.24) is 24.7 Å². The standard InChI is InChI=1S/C10H16N6O/c1-7(6-15(2)3)11-8-4-5-9-12-13-10(17)16(9)14-8/h4-5,7H,6H2,1-3H3,(H,11,14)(H,13,17). The Balaban J connectivity index is 2.19. The molecule has 0 saturated carbocycles. The van der Waals surface area contributed by atoms with Crippen LogP contribution < -0.4 is 11.0 Å². The van der Waals surface area contributed by atoms with Crippen molar-refractivity contribution in [2.24, 2.45) is 0 Å². The third-order valence-corrected chi connectivity index (χ3v) is 2.31. The fourth-order valence-corrected chi connectivity index (χ4v) is 1.73. The van der Waals surface area contributed by atoms with Crippen LogP contribution in [0.5, 0.6) is 0 Å². The van der Waals surface area contributed by atoms with E-state index in [1.54, 1.807) is 6.07 Å². The van der Waals surface area contributed by atoms with Crippen molar-refractivity contribution in [1.29, 1.82) is 0 Å². The normalized spacial score (nSPS) is 13.2. The fraction of sp³-hybridized carbons (Fsp3) is 0.500. The zero-order valence-corrected chi connectivity index (χ0v) is 10.1. The largest absolute Gasteiger partial charge is 0.365 e. The molecule has 1 unspecified atom stereocenters. The Morgan fingerprint density at radius 3 is 3.00 bits per heavy atom. The second-order valence-corrected chi connectivity index (χ2v) is 4.32. The van der Waals surface area contributed by atoms with E-state index in [0.29, 0.717) is 11.5 Å². The van der Waals surface area contributed by atoms with Gasteiger partial charge in [0.15, 0.2) is 5.65 Å². The lowest BCUT2D eigenvalue weighted by Crippen LogP contribution is -2.30. The number of fused-ring (bicyclic) bond motifs is 1. The van der Waals surface area contributed by atoms with Gasteiger partial charge in [0.25, 0.3) is 0 Å². The molecule has 0 radical (unpaired) electrons. The van der Waals surface area contributed by atoms with Crippen LogP contribution in [-0.2, 0) is 0 Å². The Labute approximate surface area is 98.4 Å². The lowest BCUT2D eigenvalue weighted by atomic mass is 10.3. The van der Waals surface area contributed by atoms with E-state index in [9.17, 15) is 4.79 Å². The van der Waals surface area contributed by atoms with E-state index in [2.05, 4.69) is 32.4 Å². The van der Waals surface area contributed by atoms with Gasteiger partial charge in [0.1, 0.15) is 5.82 Å². The van der Waals surface area contributed by atoms with Gasteiger partial charge in [-0.25, -0.2) is 9.89 Å². The number of anilines is 1. The smallest absolute Gasteiger partial charge is 0.364 e. The molecule has 0 aliphatic heterocycles. The predicted molar refractivity (Wildman–Crippen MR) is 65.2 cm³/mol. The van der Waals surface area contributed by atoms with Gasteiger partial charge in [0, 0.05) is 12.6 Å². The van der Waals surface area contributed by atoms with Crippen LogP contribution in [0.2, 0.25) is 0 Å². The van der Waals surface area contributed by atoms with E-state index in [0.717, 1.165) is 6.54 Å². The van der Waals surface area contributed by atoms with Crippen LogP contribution in [0.4, 0.5) is 5.82 Å². The maximum Gasteiger partial charge on any atom is 0.364 e. The summed E-state index contributed by atoms with van der Waals surface area (Å²) in [5.74, 6) is 0.662. The van der Waals surface area contributed by atoms with Gasteiger partial charge in [-0.15, -0.1) is 5.10 Å².